The number of hydrogen-bond donors (Lipinski definition) is 3. The molecule has 0 aromatic heterocycles. The Balaban J connectivity index is 2.55. The number of aliphatic carboxylic acids is 1. The molecule has 0 aliphatic heterocycles. The number of aryl methyl sites for hydroxylation is 1. The molecule has 0 bridgehead atoms. The van der Waals surface area contributed by atoms with Gasteiger partial charge in [0, 0.05) is 16.5 Å². The molecule has 0 heterocycles. The zero-order valence-electron chi connectivity index (χ0n) is 13.1. The van der Waals surface area contributed by atoms with Crippen LogP contribution in [0.4, 0.5) is 0 Å². The summed E-state index contributed by atoms with van der Waals surface area (Å²) < 4.78 is 0. The predicted octanol–water partition coefficient (Wildman–Crippen LogP) is 3.53. The van der Waals surface area contributed by atoms with Gasteiger partial charge in [-0.15, -0.1) is 0 Å². The van der Waals surface area contributed by atoms with Crippen molar-refractivity contribution in [2.75, 3.05) is 6.54 Å². The van der Waals surface area contributed by atoms with Gasteiger partial charge < -0.3 is 15.9 Å². The first-order chi connectivity index (χ1) is 11.3. The van der Waals surface area contributed by atoms with E-state index in [4.69, 9.17) is 22.4 Å². The van der Waals surface area contributed by atoms with Crippen LogP contribution < -0.4 is 5.73 Å². The van der Waals surface area contributed by atoms with Gasteiger partial charge in [0.1, 0.15) is 0 Å². The Morgan fingerprint density at radius 1 is 1.12 bits per heavy atom. The van der Waals surface area contributed by atoms with Crippen molar-refractivity contribution in [3.63, 3.8) is 0 Å². The van der Waals surface area contributed by atoms with E-state index >= 15 is 0 Å². The van der Waals surface area contributed by atoms with Crippen LogP contribution in [0, 0.1) is 6.92 Å². The van der Waals surface area contributed by atoms with Crippen LogP contribution in [0.15, 0.2) is 36.4 Å². The summed E-state index contributed by atoms with van der Waals surface area (Å²) in [5.74, 6) is -2.28. The Kier molecular flexibility index (Phi) is 5.59. The van der Waals surface area contributed by atoms with Crippen LogP contribution in [0.5, 0.6) is 0 Å². The summed E-state index contributed by atoms with van der Waals surface area (Å²) in [6, 6.07) is 10.0. The Morgan fingerprint density at radius 2 is 1.83 bits per heavy atom. The van der Waals surface area contributed by atoms with Gasteiger partial charge in [0.15, 0.2) is 0 Å². The largest absolute Gasteiger partial charge is 0.481 e. The number of aromatic carboxylic acids is 1. The van der Waals surface area contributed by atoms with Gasteiger partial charge in [-0.1, -0.05) is 23.7 Å². The molecule has 0 spiro atoms. The molecule has 5 nitrogen and oxygen atoms in total. The van der Waals surface area contributed by atoms with E-state index in [9.17, 15) is 14.7 Å². The number of carboxylic acids is 2. The van der Waals surface area contributed by atoms with Crippen LogP contribution in [0.3, 0.4) is 0 Å². The lowest BCUT2D eigenvalue weighted by Crippen LogP contribution is -2.16. The van der Waals surface area contributed by atoms with E-state index in [1.807, 2.05) is 6.92 Å². The molecule has 0 saturated heterocycles. The number of nitrogens with two attached hydrogens (primary N) is 1. The molecule has 4 N–H and O–H groups in total. The van der Waals surface area contributed by atoms with E-state index in [-0.39, 0.29) is 24.4 Å². The molecule has 2 aromatic rings. The molecule has 126 valence electrons. The number of halogens is 1. The highest BCUT2D eigenvalue weighted by atomic mass is 35.5. The number of rotatable bonds is 6. The Labute approximate surface area is 144 Å². The van der Waals surface area contributed by atoms with E-state index in [2.05, 4.69) is 0 Å². The number of benzene rings is 2. The first-order valence-electron chi connectivity index (χ1n) is 7.39. The third-order valence-electron chi connectivity index (χ3n) is 3.94. The smallest absolute Gasteiger partial charge is 0.335 e. The monoisotopic (exact) mass is 347 g/mol. The van der Waals surface area contributed by atoms with Gasteiger partial charge in [-0.05, 0) is 54.4 Å². The minimum Gasteiger partial charge on any atom is -0.481 e. The Morgan fingerprint density at radius 3 is 2.42 bits per heavy atom. The first-order valence-corrected chi connectivity index (χ1v) is 7.77. The molecule has 0 saturated carbocycles. The van der Waals surface area contributed by atoms with Gasteiger partial charge in [0.25, 0.3) is 0 Å². The summed E-state index contributed by atoms with van der Waals surface area (Å²) >= 11 is 6.29. The minimum absolute atomic E-state index is 0.0777. The van der Waals surface area contributed by atoms with Gasteiger partial charge in [0.05, 0.1) is 12.0 Å². The molecule has 0 aliphatic rings. The van der Waals surface area contributed by atoms with E-state index in [0.717, 1.165) is 11.1 Å². The van der Waals surface area contributed by atoms with Gasteiger partial charge in [-0.2, -0.15) is 0 Å². The van der Waals surface area contributed by atoms with Crippen LogP contribution in [-0.2, 0) is 4.79 Å². The zero-order chi connectivity index (χ0) is 17.9. The lowest BCUT2D eigenvalue weighted by Gasteiger charge is -2.16. The quantitative estimate of drug-likeness (QED) is 0.742. The van der Waals surface area contributed by atoms with Crippen molar-refractivity contribution in [2.24, 2.45) is 5.73 Å². The van der Waals surface area contributed by atoms with Gasteiger partial charge in [-0.3, -0.25) is 4.79 Å². The van der Waals surface area contributed by atoms with Crippen LogP contribution in [-0.4, -0.2) is 28.7 Å². The molecule has 0 aliphatic carbocycles. The van der Waals surface area contributed by atoms with E-state index in [1.54, 1.807) is 30.3 Å². The molecule has 24 heavy (non-hydrogen) atoms. The third-order valence-corrected chi connectivity index (χ3v) is 4.27. The number of carbonyl (C=O) groups is 2. The van der Waals surface area contributed by atoms with Crippen molar-refractivity contribution < 1.29 is 19.8 Å². The maximum Gasteiger partial charge on any atom is 0.335 e. The van der Waals surface area contributed by atoms with E-state index in [0.29, 0.717) is 16.1 Å². The fourth-order valence-electron chi connectivity index (χ4n) is 2.60. The zero-order valence-corrected chi connectivity index (χ0v) is 13.9. The second kappa shape index (κ2) is 7.47. The summed E-state index contributed by atoms with van der Waals surface area (Å²) in [6.07, 6.45) is -0.0777. The van der Waals surface area contributed by atoms with Gasteiger partial charge in [0.2, 0.25) is 0 Å². The summed E-state index contributed by atoms with van der Waals surface area (Å²) in [5.41, 5.74) is 8.87. The van der Waals surface area contributed by atoms with Crippen molar-refractivity contribution in [1.82, 2.24) is 0 Å². The van der Waals surface area contributed by atoms with Crippen molar-refractivity contribution in [2.45, 2.75) is 19.3 Å². The molecule has 0 amide bonds. The maximum absolute atomic E-state index is 11.2. The summed E-state index contributed by atoms with van der Waals surface area (Å²) in [4.78, 5) is 22.2. The minimum atomic E-state index is -1.02. The average molecular weight is 348 g/mol. The van der Waals surface area contributed by atoms with Crippen LogP contribution in [0.25, 0.3) is 11.1 Å². The van der Waals surface area contributed by atoms with E-state index < -0.39 is 11.9 Å². The molecule has 2 rings (SSSR count). The molecule has 1 atom stereocenters. The summed E-state index contributed by atoms with van der Waals surface area (Å²) in [7, 11) is 0. The van der Waals surface area contributed by atoms with Crippen molar-refractivity contribution in [3.8, 4) is 11.1 Å². The Bertz CT molecular complexity index is 789. The second-order valence-corrected chi connectivity index (χ2v) is 6.01. The van der Waals surface area contributed by atoms with Crippen molar-refractivity contribution >= 4 is 23.5 Å². The van der Waals surface area contributed by atoms with E-state index in [1.165, 1.54) is 6.07 Å². The van der Waals surface area contributed by atoms with Crippen LogP contribution in [0.2, 0.25) is 5.02 Å². The lowest BCUT2D eigenvalue weighted by molar-refractivity contribution is -0.137. The molecule has 0 fully saturated rings. The molecule has 2 aromatic carbocycles. The number of hydrogen-bond acceptors (Lipinski definition) is 3. The summed E-state index contributed by atoms with van der Waals surface area (Å²) in [6.45, 7) is 2.06. The normalized spacial score (nSPS) is 12.0. The van der Waals surface area contributed by atoms with Gasteiger partial charge in [-0.25, -0.2) is 4.79 Å². The standard InChI is InChI=1S/C18H18ClNO4/c1-10-2-3-12(18(23)24)7-14(10)15-6-11(4-5-16(15)19)13(9-20)8-17(21)22/h2-7,13H,8-9,20H2,1H3,(H,21,22)(H,23,24). The summed E-state index contributed by atoms with van der Waals surface area (Å²) in [5, 5.41) is 18.7. The predicted molar refractivity (Wildman–Crippen MR) is 92.6 cm³/mol. The fourth-order valence-corrected chi connectivity index (χ4v) is 2.82. The Hall–Kier alpha value is -2.37. The highest BCUT2D eigenvalue weighted by Crippen LogP contribution is 2.34. The molecular formula is C18H18ClNO4. The van der Waals surface area contributed by atoms with Crippen molar-refractivity contribution in [3.05, 3.63) is 58.1 Å². The number of carboxylic acid groups (broad SMARTS) is 2. The van der Waals surface area contributed by atoms with Crippen molar-refractivity contribution in [1.29, 1.82) is 0 Å². The molecular weight excluding hydrogens is 330 g/mol. The molecule has 6 heteroatoms. The SMILES string of the molecule is Cc1ccc(C(=O)O)cc1-c1cc(C(CN)CC(=O)O)ccc1Cl. The highest BCUT2D eigenvalue weighted by molar-refractivity contribution is 6.33. The third kappa shape index (κ3) is 3.93. The first kappa shape index (κ1) is 18.0. The van der Waals surface area contributed by atoms with Crippen LogP contribution in [0.1, 0.15) is 33.8 Å². The lowest BCUT2D eigenvalue weighted by atomic mass is 9.91. The van der Waals surface area contributed by atoms with Gasteiger partial charge >= 0.3 is 11.9 Å². The topological polar surface area (TPSA) is 101 Å². The maximum atomic E-state index is 11.2. The molecule has 0 radical (unpaired) electrons. The molecule has 1 unspecified atom stereocenters. The fraction of sp³-hybridized carbons (Fsp3) is 0.222. The second-order valence-electron chi connectivity index (χ2n) is 5.60. The van der Waals surface area contributed by atoms with Crippen LogP contribution >= 0.6 is 11.6 Å². The average Bonchev–Trinajstić information content (AvgIpc) is 2.53. The highest BCUT2D eigenvalue weighted by Gasteiger charge is 2.17.